The third-order valence-electron chi connectivity index (χ3n) is 3.99. The summed E-state index contributed by atoms with van der Waals surface area (Å²) in [6.07, 6.45) is -0.571. The van der Waals surface area contributed by atoms with Gasteiger partial charge in [0.05, 0.1) is 0 Å². The Hall–Kier alpha value is -2.24. The summed E-state index contributed by atoms with van der Waals surface area (Å²) >= 11 is 0. The van der Waals surface area contributed by atoms with Gasteiger partial charge in [-0.1, -0.05) is 37.3 Å². The molecule has 5 nitrogen and oxygen atoms in total. The molecule has 0 spiro atoms. The average Bonchev–Trinajstić information content (AvgIpc) is 3.08. The van der Waals surface area contributed by atoms with E-state index in [1.807, 2.05) is 30.3 Å². The Kier molecular flexibility index (Phi) is 5.56. The zero-order chi connectivity index (χ0) is 16.8. The van der Waals surface area contributed by atoms with Crippen molar-refractivity contribution in [2.45, 2.75) is 18.9 Å². The van der Waals surface area contributed by atoms with Gasteiger partial charge in [0.1, 0.15) is 18.5 Å². The summed E-state index contributed by atoms with van der Waals surface area (Å²) in [5.74, 6) is 2.46. The van der Waals surface area contributed by atoms with Gasteiger partial charge in [0, 0.05) is 19.2 Å². The highest BCUT2D eigenvalue weighted by Gasteiger charge is 2.14. The molecule has 0 fully saturated rings. The number of hydrogen-bond acceptors (Lipinski definition) is 5. The van der Waals surface area contributed by atoms with E-state index in [4.69, 9.17) is 14.2 Å². The lowest BCUT2D eigenvalue weighted by atomic mass is 10.0. The van der Waals surface area contributed by atoms with Crippen molar-refractivity contribution in [1.29, 1.82) is 0 Å². The fourth-order valence-corrected chi connectivity index (χ4v) is 2.58. The summed E-state index contributed by atoms with van der Waals surface area (Å²) in [7, 11) is 0. The van der Waals surface area contributed by atoms with Crippen LogP contribution in [0.1, 0.15) is 18.4 Å². The molecule has 0 aromatic heterocycles. The van der Waals surface area contributed by atoms with Crippen LogP contribution >= 0.6 is 0 Å². The highest BCUT2D eigenvalue weighted by atomic mass is 16.7. The number of fused-ring (bicyclic) bond motifs is 1. The fourth-order valence-electron chi connectivity index (χ4n) is 2.58. The number of nitrogens with one attached hydrogen (secondary N) is 1. The van der Waals surface area contributed by atoms with Crippen LogP contribution in [-0.4, -0.2) is 37.7 Å². The smallest absolute Gasteiger partial charge is 0.231 e. The van der Waals surface area contributed by atoms with E-state index in [9.17, 15) is 5.11 Å². The Balaban J connectivity index is 1.37. The van der Waals surface area contributed by atoms with Crippen LogP contribution in [0.25, 0.3) is 0 Å². The summed E-state index contributed by atoms with van der Waals surface area (Å²) in [6, 6.07) is 15.7. The molecule has 0 saturated heterocycles. The summed E-state index contributed by atoms with van der Waals surface area (Å²) in [5.41, 5.74) is 1.29. The predicted octanol–water partition coefficient (Wildman–Crippen LogP) is 2.55. The molecule has 0 radical (unpaired) electrons. The molecule has 2 atom stereocenters. The number of hydrogen-bond donors (Lipinski definition) is 2. The van der Waals surface area contributed by atoms with Crippen molar-refractivity contribution in [1.82, 2.24) is 5.32 Å². The second-order valence-corrected chi connectivity index (χ2v) is 5.95. The van der Waals surface area contributed by atoms with E-state index in [-0.39, 0.29) is 13.4 Å². The van der Waals surface area contributed by atoms with Crippen molar-refractivity contribution in [2.75, 3.05) is 26.5 Å². The Morgan fingerprint density at radius 2 is 1.88 bits per heavy atom. The molecule has 0 saturated carbocycles. The molecule has 3 rings (SSSR count). The van der Waals surface area contributed by atoms with Crippen LogP contribution in [-0.2, 0) is 0 Å². The van der Waals surface area contributed by atoms with Crippen LogP contribution in [0.5, 0.6) is 17.2 Å². The minimum Gasteiger partial charge on any atom is -0.491 e. The lowest BCUT2D eigenvalue weighted by molar-refractivity contribution is 0.106. The topological polar surface area (TPSA) is 60.0 Å². The van der Waals surface area contributed by atoms with Crippen LogP contribution < -0.4 is 19.5 Å². The molecule has 128 valence electrons. The molecule has 24 heavy (non-hydrogen) atoms. The van der Waals surface area contributed by atoms with Gasteiger partial charge in [-0.3, -0.25) is 0 Å². The van der Waals surface area contributed by atoms with Crippen molar-refractivity contribution in [3.8, 4) is 17.2 Å². The first kappa shape index (κ1) is 16.6. The normalized spacial score (nSPS) is 15.1. The van der Waals surface area contributed by atoms with Gasteiger partial charge in [-0.15, -0.1) is 0 Å². The van der Waals surface area contributed by atoms with Crippen LogP contribution in [0.2, 0.25) is 0 Å². The Bertz CT molecular complexity index is 647. The minimum absolute atomic E-state index is 0.229. The van der Waals surface area contributed by atoms with Crippen LogP contribution in [0.3, 0.4) is 0 Å². The SMILES string of the molecule is CC(CNCC(O)COc1ccc2c(c1)OCO2)c1ccccc1. The quantitative estimate of drug-likeness (QED) is 0.779. The second kappa shape index (κ2) is 8.04. The summed E-state index contributed by atoms with van der Waals surface area (Å²) < 4.78 is 16.2. The molecule has 2 unspecified atom stereocenters. The van der Waals surface area contributed by atoms with Crippen LogP contribution in [0.4, 0.5) is 0 Å². The number of aliphatic hydroxyl groups excluding tert-OH is 1. The van der Waals surface area contributed by atoms with Gasteiger partial charge < -0.3 is 24.6 Å². The van der Waals surface area contributed by atoms with E-state index in [1.165, 1.54) is 5.56 Å². The van der Waals surface area contributed by atoms with Gasteiger partial charge in [-0.2, -0.15) is 0 Å². The van der Waals surface area contributed by atoms with E-state index in [2.05, 4.69) is 24.4 Å². The number of aliphatic hydroxyl groups is 1. The van der Waals surface area contributed by atoms with Crippen molar-refractivity contribution >= 4 is 0 Å². The highest BCUT2D eigenvalue weighted by molar-refractivity contribution is 5.46. The molecular formula is C19H23NO4. The maximum absolute atomic E-state index is 10.0. The number of ether oxygens (including phenoxy) is 3. The van der Waals surface area contributed by atoms with E-state index in [0.717, 1.165) is 12.3 Å². The van der Waals surface area contributed by atoms with E-state index < -0.39 is 6.10 Å². The van der Waals surface area contributed by atoms with Gasteiger partial charge in [-0.05, 0) is 23.6 Å². The Morgan fingerprint density at radius 3 is 2.71 bits per heavy atom. The summed E-state index contributed by atoms with van der Waals surface area (Å²) in [4.78, 5) is 0. The summed E-state index contributed by atoms with van der Waals surface area (Å²) in [6.45, 7) is 3.93. The monoisotopic (exact) mass is 329 g/mol. The first-order chi connectivity index (χ1) is 11.7. The van der Waals surface area contributed by atoms with Gasteiger partial charge in [0.15, 0.2) is 11.5 Å². The fraction of sp³-hybridized carbons (Fsp3) is 0.368. The first-order valence-corrected chi connectivity index (χ1v) is 8.18. The first-order valence-electron chi connectivity index (χ1n) is 8.18. The second-order valence-electron chi connectivity index (χ2n) is 5.95. The van der Waals surface area contributed by atoms with Crippen molar-refractivity contribution in [3.63, 3.8) is 0 Å². The van der Waals surface area contributed by atoms with E-state index in [0.29, 0.717) is 24.0 Å². The molecule has 1 heterocycles. The largest absolute Gasteiger partial charge is 0.491 e. The molecular weight excluding hydrogens is 306 g/mol. The van der Waals surface area contributed by atoms with Gasteiger partial charge in [0.25, 0.3) is 0 Å². The minimum atomic E-state index is -0.571. The van der Waals surface area contributed by atoms with Crippen LogP contribution in [0.15, 0.2) is 48.5 Å². The van der Waals surface area contributed by atoms with Gasteiger partial charge in [0.2, 0.25) is 6.79 Å². The highest BCUT2D eigenvalue weighted by Crippen LogP contribution is 2.35. The van der Waals surface area contributed by atoms with Crippen molar-refractivity contribution in [3.05, 3.63) is 54.1 Å². The third-order valence-corrected chi connectivity index (χ3v) is 3.99. The molecule has 1 aliphatic rings. The zero-order valence-corrected chi connectivity index (χ0v) is 13.8. The molecule has 2 N–H and O–H groups in total. The maximum atomic E-state index is 10.0. The molecule has 0 amide bonds. The molecule has 5 heteroatoms. The standard InChI is InChI=1S/C19H23NO4/c1-14(15-5-3-2-4-6-15)10-20-11-16(21)12-22-17-7-8-18-19(9-17)24-13-23-18/h2-9,14,16,20-21H,10-13H2,1H3. The van der Waals surface area contributed by atoms with Gasteiger partial charge in [-0.25, -0.2) is 0 Å². The summed E-state index contributed by atoms with van der Waals surface area (Å²) in [5, 5.41) is 13.3. The zero-order valence-electron chi connectivity index (χ0n) is 13.8. The lowest BCUT2D eigenvalue weighted by Gasteiger charge is -2.16. The Morgan fingerprint density at radius 1 is 1.08 bits per heavy atom. The lowest BCUT2D eigenvalue weighted by Crippen LogP contribution is -2.33. The number of rotatable bonds is 8. The molecule has 1 aliphatic heterocycles. The Labute approximate surface area is 142 Å². The predicted molar refractivity (Wildman–Crippen MR) is 91.8 cm³/mol. The molecule has 2 aromatic rings. The van der Waals surface area contributed by atoms with Crippen molar-refractivity contribution in [2.24, 2.45) is 0 Å². The molecule has 0 bridgehead atoms. The van der Waals surface area contributed by atoms with E-state index in [1.54, 1.807) is 6.07 Å². The van der Waals surface area contributed by atoms with Gasteiger partial charge >= 0.3 is 0 Å². The maximum Gasteiger partial charge on any atom is 0.231 e. The van der Waals surface area contributed by atoms with E-state index >= 15 is 0 Å². The van der Waals surface area contributed by atoms with Crippen LogP contribution in [0, 0.1) is 0 Å². The average molecular weight is 329 g/mol. The van der Waals surface area contributed by atoms with Crippen molar-refractivity contribution < 1.29 is 19.3 Å². The molecule has 2 aromatic carbocycles. The number of benzene rings is 2. The molecule has 0 aliphatic carbocycles. The third kappa shape index (κ3) is 4.40.